The zero-order valence-electron chi connectivity index (χ0n) is 35.5. The third-order valence-electron chi connectivity index (χ3n) is 12.8. The Morgan fingerprint density at radius 1 is 0.635 bits per heavy atom. The molecule has 16 nitrogen and oxygen atoms in total. The number of carbonyl (C=O) groups excluding carboxylic acids is 2. The van der Waals surface area contributed by atoms with Gasteiger partial charge < -0.3 is 40.7 Å². The van der Waals surface area contributed by atoms with Gasteiger partial charge in [-0.15, -0.1) is 0 Å². The Hall–Kier alpha value is -6.52. The summed E-state index contributed by atoms with van der Waals surface area (Å²) in [5.74, 6) is -0.961. The zero-order chi connectivity index (χ0) is 44.4. The predicted octanol–water partition coefficient (Wildman–Crippen LogP) is 4.27. The fourth-order valence-electron chi connectivity index (χ4n) is 9.29. The highest BCUT2D eigenvalue weighted by Gasteiger charge is 2.36. The van der Waals surface area contributed by atoms with Crippen LogP contribution in [0.15, 0.2) is 85.9 Å². The second-order valence-corrected chi connectivity index (χ2v) is 16.5. The highest BCUT2D eigenvalue weighted by Crippen LogP contribution is 2.36. The van der Waals surface area contributed by atoms with Gasteiger partial charge in [-0.3, -0.25) is 38.6 Å². The number of carbonyl (C=O) groups is 2. The molecule has 2 amide bonds. The molecule has 9 rings (SSSR count). The van der Waals surface area contributed by atoms with Crippen molar-refractivity contribution in [2.45, 2.75) is 64.1 Å². The summed E-state index contributed by atoms with van der Waals surface area (Å²) in [6.45, 7) is 10.4. The highest BCUT2D eigenvalue weighted by molar-refractivity contribution is 6.00. The lowest BCUT2D eigenvalue weighted by atomic mass is 10.0. The summed E-state index contributed by atoms with van der Waals surface area (Å²) in [4.78, 5) is 82.8. The summed E-state index contributed by atoms with van der Waals surface area (Å²) in [7, 11) is 0. The molecule has 330 valence electrons. The first kappa shape index (κ1) is 43.1. The summed E-state index contributed by atoms with van der Waals surface area (Å²) in [6, 6.07) is 19.9. The van der Waals surface area contributed by atoms with Crippen LogP contribution in [0, 0.1) is 0 Å². The quantitative estimate of drug-likeness (QED) is 0.0880. The van der Waals surface area contributed by atoms with Crippen LogP contribution in [0.3, 0.4) is 0 Å². The molecule has 4 aliphatic heterocycles. The topological polar surface area (TPSA) is 201 Å². The summed E-state index contributed by atoms with van der Waals surface area (Å²) >= 11 is 0. The second kappa shape index (κ2) is 18.4. The number of ether oxygens (including phenoxy) is 1. The average molecular weight is 860 g/mol. The molecule has 16 heteroatoms. The highest BCUT2D eigenvalue weighted by atomic mass is 16.5. The number of piperazine rings is 2. The van der Waals surface area contributed by atoms with Crippen LogP contribution < -0.4 is 42.4 Å². The van der Waals surface area contributed by atoms with Gasteiger partial charge in [0.25, 0.3) is 33.5 Å². The first-order chi connectivity index (χ1) is 30.5. The lowest BCUT2D eigenvalue weighted by Crippen LogP contribution is -2.52. The van der Waals surface area contributed by atoms with Crippen molar-refractivity contribution in [3.63, 3.8) is 0 Å². The largest absolute Gasteiger partial charge is 0.505 e. The second-order valence-electron chi connectivity index (χ2n) is 16.5. The number of anilines is 5. The molecule has 0 saturated carbocycles. The Labute approximate surface area is 364 Å². The Morgan fingerprint density at radius 3 is 1.67 bits per heavy atom. The number of nitrogens with zero attached hydrogens (tertiary/aromatic N) is 4. The van der Waals surface area contributed by atoms with Gasteiger partial charge in [0.15, 0.2) is 17.2 Å². The minimum atomic E-state index is -0.697. The lowest BCUT2D eigenvalue weighted by molar-refractivity contribution is 0.0563. The number of fused-ring (bicyclic) bond motifs is 2. The number of rotatable bonds is 12. The number of phenolic OH excluding ortho intramolecular Hbond substituents is 2. The third kappa shape index (κ3) is 8.52. The van der Waals surface area contributed by atoms with Gasteiger partial charge in [-0.2, -0.15) is 0 Å². The van der Waals surface area contributed by atoms with Crippen molar-refractivity contribution in [2.75, 3.05) is 74.9 Å². The fourth-order valence-corrected chi connectivity index (χ4v) is 9.29. The molecule has 0 aliphatic carbocycles. The summed E-state index contributed by atoms with van der Waals surface area (Å²) in [6.07, 6.45) is 5.19. The van der Waals surface area contributed by atoms with E-state index in [2.05, 4.69) is 25.8 Å². The molecule has 5 aromatic carbocycles. The first-order valence-corrected chi connectivity index (χ1v) is 21.8. The number of amides is 2. The number of aromatic hydroxyl groups is 2. The van der Waals surface area contributed by atoms with Crippen molar-refractivity contribution in [2.24, 2.45) is 0 Å². The lowest BCUT2D eigenvalue weighted by Gasteiger charge is -2.37. The van der Waals surface area contributed by atoms with Gasteiger partial charge in [0, 0.05) is 51.4 Å². The van der Waals surface area contributed by atoms with E-state index in [0.29, 0.717) is 44.7 Å². The van der Waals surface area contributed by atoms with E-state index >= 15 is 0 Å². The minimum Gasteiger partial charge on any atom is -0.505 e. The number of benzene rings is 3. The third-order valence-corrected chi connectivity index (χ3v) is 12.8. The molecule has 0 bridgehead atoms. The molecule has 0 aromatic heterocycles. The summed E-state index contributed by atoms with van der Waals surface area (Å²) in [5.41, 5.74) is -0.550. The molecule has 5 aromatic rings. The van der Waals surface area contributed by atoms with Crippen LogP contribution in [0.5, 0.6) is 17.2 Å². The first-order valence-electron chi connectivity index (χ1n) is 21.8. The molecule has 0 spiro atoms. The Balaban J connectivity index is 0.000000177. The van der Waals surface area contributed by atoms with Gasteiger partial charge in [-0.25, -0.2) is 0 Å². The normalized spacial score (nSPS) is 19.2. The van der Waals surface area contributed by atoms with Crippen molar-refractivity contribution in [1.29, 1.82) is 0 Å². The average Bonchev–Trinajstić information content (AvgIpc) is 4.00. The van der Waals surface area contributed by atoms with Crippen LogP contribution in [0.2, 0.25) is 0 Å². The van der Waals surface area contributed by atoms with Gasteiger partial charge >= 0.3 is 0 Å². The van der Waals surface area contributed by atoms with Gasteiger partial charge in [-0.1, -0.05) is 49.4 Å². The van der Waals surface area contributed by atoms with Crippen LogP contribution in [0.4, 0.5) is 28.4 Å². The molecule has 4 fully saturated rings. The summed E-state index contributed by atoms with van der Waals surface area (Å²) < 4.78 is 5.18. The van der Waals surface area contributed by atoms with Crippen molar-refractivity contribution in [3.8, 4) is 17.2 Å². The predicted molar refractivity (Wildman–Crippen MR) is 241 cm³/mol. The van der Waals surface area contributed by atoms with Crippen molar-refractivity contribution < 1.29 is 24.5 Å². The maximum Gasteiger partial charge on any atom is 0.272 e. The molecule has 4 heterocycles. The standard InChI is InChI=1S/C27H30N4O4.C20H23N3O5/c1-2-20(17-8-4-3-5-9-17)28-22-23(26(34)25(22)33)29-21-12-6-11-19(24(21)32)27(35)31-15-14-30-13-7-10-18(30)16-31;1-2-28-19-15(17(25)18(19)26)21-14-7-3-6-13(16(14)24)20(27)23-10-9-22-8-4-5-12(22)11-23/h3-6,8-9,11-12,18,20,28-29,32H,2,7,10,13-16H2,1H3;3,6-7,12,21,24H,2,4-5,8-11H2,1H3. The van der Waals surface area contributed by atoms with E-state index in [1.807, 2.05) is 37.3 Å². The minimum absolute atomic E-state index is 0.00585. The number of nitrogens with one attached hydrogen (secondary N) is 3. The van der Waals surface area contributed by atoms with E-state index in [-0.39, 0.29) is 81.3 Å². The van der Waals surface area contributed by atoms with E-state index in [9.17, 15) is 39.0 Å². The van der Waals surface area contributed by atoms with Crippen molar-refractivity contribution in [1.82, 2.24) is 19.6 Å². The maximum absolute atomic E-state index is 13.2. The molecule has 3 atom stereocenters. The Bertz CT molecular complexity index is 2630. The van der Waals surface area contributed by atoms with E-state index in [1.165, 1.54) is 0 Å². The molecular formula is C47H53N7O9. The van der Waals surface area contributed by atoms with Crippen molar-refractivity contribution in [3.05, 3.63) is 124 Å². The SMILES string of the molecule is CCC(Nc1c(Nc2cccc(C(=O)N3CCN4CCCC4C3)c2O)c(=O)c1=O)c1ccccc1.CCOc1c(Nc2cccc(C(=O)N3CCN4CCCC4C3)c2O)c(=O)c1=O. The Morgan fingerprint density at radius 2 is 1.14 bits per heavy atom. The monoisotopic (exact) mass is 859 g/mol. The van der Waals surface area contributed by atoms with Crippen molar-refractivity contribution >= 4 is 40.3 Å². The van der Waals surface area contributed by atoms with Crippen LogP contribution in [-0.2, 0) is 0 Å². The number of hydrogen-bond acceptors (Lipinski definition) is 14. The van der Waals surface area contributed by atoms with Gasteiger partial charge in [0.05, 0.1) is 35.2 Å². The zero-order valence-corrected chi connectivity index (χ0v) is 35.5. The van der Waals surface area contributed by atoms with Crippen LogP contribution in [-0.4, -0.2) is 113 Å². The molecule has 63 heavy (non-hydrogen) atoms. The molecule has 3 unspecified atom stereocenters. The molecule has 4 saturated heterocycles. The van der Waals surface area contributed by atoms with Crippen LogP contribution in [0.25, 0.3) is 0 Å². The Kier molecular flexibility index (Phi) is 12.6. The number of hydrogen-bond donors (Lipinski definition) is 5. The molecular weight excluding hydrogens is 807 g/mol. The van der Waals surface area contributed by atoms with Gasteiger partial charge in [0.2, 0.25) is 0 Å². The smallest absolute Gasteiger partial charge is 0.272 e. The van der Waals surface area contributed by atoms with E-state index in [0.717, 1.165) is 57.4 Å². The van der Waals surface area contributed by atoms with Crippen LogP contribution in [0.1, 0.15) is 78.3 Å². The molecule has 5 N–H and O–H groups in total. The maximum atomic E-state index is 13.2. The fraction of sp³-hybridized carbons (Fsp3) is 0.404. The number of phenols is 2. The summed E-state index contributed by atoms with van der Waals surface area (Å²) in [5, 5.41) is 30.4. The molecule has 4 aliphatic rings. The molecule has 0 radical (unpaired) electrons. The number of para-hydroxylation sites is 2. The van der Waals surface area contributed by atoms with E-state index < -0.39 is 21.7 Å². The van der Waals surface area contributed by atoms with E-state index in [4.69, 9.17) is 4.74 Å². The van der Waals surface area contributed by atoms with Crippen LogP contribution >= 0.6 is 0 Å². The van der Waals surface area contributed by atoms with Gasteiger partial charge in [-0.05, 0) is 81.9 Å². The van der Waals surface area contributed by atoms with Gasteiger partial charge in [0.1, 0.15) is 17.1 Å². The van der Waals surface area contributed by atoms with E-state index in [1.54, 1.807) is 53.1 Å².